The monoisotopic (exact) mass is 285 g/mol. The van der Waals surface area contributed by atoms with Gasteiger partial charge in [0.2, 0.25) is 12.7 Å². The first-order chi connectivity index (χ1) is 10.3. The number of nitrogens with zero attached hydrogens (tertiary/aromatic N) is 3. The highest BCUT2D eigenvalue weighted by molar-refractivity contribution is 5.77. The quantitative estimate of drug-likeness (QED) is 0.759. The van der Waals surface area contributed by atoms with Crippen LogP contribution >= 0.6 is 0 Å². The Balaban J connectivity index is 1.75. The van der Waals surface area contributed by atoms with E-state index >= 15 is 0 Å². The summed E-state index contributed by atoms with van der Waals surface area (Å²) in [4.78, 5) is 15.6. The first-order valence-electron chi connectivity index (χ1n) is 6.30. The lowest BCUT2D eigenvalue weighted by Gasteiger charge is -2.07. The van der Waals surface area contributed by atoms with Gasteiger partial charge >= 0.3 is 0 Å². The van der Waals surface area contributed by atoms with E-state index in [1.54, 1.807) is 31.6 Å². The number of rotatable bonds is 3. The van der Waals surface area contributed by atoms with Gasteiger partial charge in [-0.2, -0.15) is 9.97 Å². The fourth-order valence-electron chi connectivity index (χ4n) is 2.04. The standard InChI is InChI=1S/C13H11N5O3/c1-14-13-17-11-10(15-5-16-11)12(18-13)21-7-2-3-8-9(4-7)20-6-19-8/h2-5H,6H2,1H3,(H2,14,15,16,17,18). The lowest BCUT2D eigenvalue weighted by atomic mass is 10.3. The molecule has 2 aromatic heterocycles. The maximum absolute atomic E-state index is 5.82. The summed E-state index contributed by atoms with van der Waals surface area (Å²) in [5.74, 6) is 2.77. The molecule has 0 radical (unpaired) electrons. The third-order valence-electron chi connectivity index (χ3n) is 3.03. The van der Waals surface area contributed by atoms with Gasteiger partial charge in [0.15, 0.2) is 17.1 Å². The van der Waals surface area contributed by atoms with Crippen molar-refractivity contribution in [1.82, 2.24) is 19.9 Å². The number of benzene rings is 1. The number of anilines is 1. The van der Waals surface area contributed by atoms with Gasteiger partial charge in [-0.15, -0.1) is 0 Å². The topological polar surface area (TPSA) is 94.2 Å². The molecule has 0 saturated heterocycles. The first kappa shape index (κ1) is 11.8. The molecule has 1 aliphatic rings. The van der Waals surface area contributed by atoms with E-state index < -0.39 is 0 Å². The van der Waals surface area contributed by atoms with Crippen LogP contribution in [-0.4, -0.2) is 33.8 Å². The normalized spacial score (nSPS) is 12.6. The summed E-state index contributed by atoms with van der Waals surface area (Å²) in [6.07, 6.45) is 1.55. The zero-order valence-electron chi connectivity index (χ0n) is 11.1. The number of hydrogen-bond donors (Lipinski definition) is 2. The van der Waals surface area contributed by atoms with Gasteiger partial charge in [0.05, 0.1) is 6.33 Å². The Bertz CT molecular complexity index is 817. The van der Waals surface area contributed by atoms with Gasteiger partial charge in [0.1, 0.15) is 11.3 Å². The van der Waals surface area contributed by atoms with Gasteiger partial charge in [0, 0.05) is 13.1 Å². The highest BCUT2D eigenvalue weighted by atomic mass is 16.7. The molecular formula is C13H11N5O3. The van der Waals surface area contributed by atoms with Crippen molar-refractivity contribution in [2.24, 2.45) is 0 Å². The summed E-state index contributed by atoms with van der Waals surface area (Å²) in [7, 11) is 1.73. The lowest BCUT2D eigenvalue weighted by Crippen LogP contribution is -1.99. The van der Waals surface area contributed by atoms with Crippen molar-refractivity contribution in [2.45, 2.75) is 0 Å². The van der Waals surface area contributed by atoms with Crippen molar-refractivity contribution in [3.05, 3.63) is 24.5 Å². The van der Waals surface area contributed by atoms with Crippen molar-refractivity contribution < 1.29 is 14.2 Å². The van der Waals surface area contributed by atoms with Crippen LogP contribution in [0.2, 0.25) is 0 Å². The largest absolute Gasteiger partial charge is 0.454 e. The molecule has 0 spiro atoms. The Kier molecular flexibility index (Phi) is 2.53. The second-order valence-electron chi connectivity index (χ2n) is 4.32. The van der Waals surface area contributed by atoms with Crippen molar-refractivity contribution >= 4 is 17.1 Å². The minimum Gasteiger partial charge on any atom is -0.454 e. The molecule has 1 aromatic carbocycles. The number of nitrogens with one attached hydrogen (secondary N) is 2. The van der Waals surface area contributed by atoms with Crippen LogP contribution in [-0.2, 0) is 0 Å². The molecule has 8 heteroatoms. The Morgan fingerprint density at radius 3 is 3.05 bits per heavy atom. The molecule has 0 amide bonds. The summed E-state index contributed by atoms with van der Waals surface area (Å²) in [6, 6.07) is 5.34. The summed E-state index contributed by atoms with van der Waals surface area (Å²) < 4.78 is 16.4. The highest BCUT2D eigenvalue weighted by Crippen LogP contribution is 2.37. The van der Waals surface area contributed by atoms with Crippen molar-refractivity contribution in [2.75, 3.05) is 19.2 Å². The second kappa shape index (κ2) is 4.51. The van der Waals surface area contributed by atoms with E-state index in [1.165, 1.54) is 0 Å². The molecule has 106 valence electrons. The van der Waals surface area contributed by atoms with Gasteiger partial charge in [0.25, 0.3) is 5.88 Å². The SMILES string of the molecule is CNc1nc(Oc2ccc3c(c2)OCO3)c2[nH]cnc2n1. The smallest absolute Gasteiger partial charge is 0.250 e. The number of imidazole rings is 1. The molecule has 4 rings (SSSR count). The van der Waals surface area contributed by atoms with Crippen LogP contribution in [0.1, 0.15) is 0 Å². The van der Waals surface area contributed by atoms with Crippen LogP contribution in [0.4, 0.5) is 5.95 Å². The minimum atomic E-state index is 0.223. The van der Waals surface area contributed by atoms with Gasteiger partial charge in [-0.05, 0) is 12.1 Å². The molecule has 0 saturated carbocycles. The molecule has 3 aromatic rings. The summed E-state index contributed by atoms with van der Waals surface area (Å²) >= 11 is 0. The number of hydrogen-bond acceptors (Lipinski definition) is 7. The molecule has 0 atom stereocenters. The van der Waals surface area contributed by atoms with Crippen LogP contribution in [0.25, 0.3) is 11.2 Å². The van der Waals surface area contributed by atoms with Gasteiger partial charge in [-0.3, -0.25) is 0 Å². The van der Waals surface area contributed by atoms with Gasteiger partial charge in [-0.1, -0.05) is 0 Å². The van der Waals surface area contributed by atoms with Crippen molar-refractivity contribution in [3.8, 4) is 23.1 Å². The number of ether oxygens (including phenoxy) is 3. The predicted molar refractivity (Wildman–Crippen MR) is 73.9 cm³/mol. The molecule has 0 aliphatic carbocycles. The van der Waals surface area contributed by atoms with Crippen LogP contribution in [0.5, 0.6) is 23.1 Å². The number of H-pyrrole nitrogens is 1. The number of aromatic nitrogens is 4. The number of aromatic amines is 1. The molecule has 3 heterocycles. The molecule has 2 N–H and O–H groups in total. The molecular weight excluding hydrogens is 274 g/mol. The van der Waals surface area contributed by atoms with E-state index in [0.717, 1.165) is 0 Å². The first-order valence-corrected chi connectivity index (χ1v) is 6.30. The van der Waals surface area contributed by atoms with E-state index in [0.29, 0.717) is 40.2 Å². The van der Waals surface area contributed by atoms with Crippen LogP contribution < -0.4 is 19.5 Å². The van der Waals surface area contributed by atoms with Crippen molar-refractivity contribution in [3.63, 3.8) is 0 Å². The predicted octanol–water partition coefficient (Wildman–Crippen LogP) is 1.92. The Labute approximate surface area is 119 Å². The molecule has 0 bridgehead atoms. The van der Waals surface area contributed by atoms with Crippen molar-refractivity contribution in [1.29, 1.82) is 0 Å². The zero-order valence-corrected chi connectivity index (χ0v) is 11.1. The Hall–Kier alpha value is -3.03. The third kappa shape index (κ3) is 1.97. The molecule has 1 aliphatic heterocycles. The summed E-state index contributed by atoms with van der Waals surface area (Å²) in [5, 5.41) is 2.88. The molecule has 0 fully saturated rings. The summed E-state index contributed by atoms with van der Waals surface area (Å²) in [5.41, 5.74) is 1.16. The highest BCUT2D eigenvalue weighted by Gasteiger charge is 2.16. The maximum atomic E-state index is 5.82. The fraction of sp³-hybridized carbons (Fsp3) is 0.154. The second-order valence-corrected chi connectivity index (χ2v) is 4.32. The molecule has 8 nitrogen and oxygen atoms in total. The van der Waals surface area contributed by atoms with Gasteiger partial charge in [-0.25, -0.2) is 4.98 Å². The maximum Gasteiger partial charge on any atom is 0.250 e. The zero-order chi connectivity index (χ0) is 14.2. The van der Waals surface area contributed by atoms with Crippen LogP contribution in [0.3, 0.4) is 0 Å². The molecule has 0 unspecified atom stereocenters. The lowest BCUT2D eigenvalue weighted by molar-refractivity contribution is 0.174. The Morgan fingerprint density at radius 2 is 2.14 bits per heavy atom. The third-order valence-corrected chi connectivity index (χ3v) is 3.03. The average Bonchev–Trinajstić information content (AvgIpc) is 3.14. The van der Waals surface area contributed by atoms with E-state index in [-0.39, 0.29) is 6.79 Å². The van der Waals surface area contributed by atoms with Crippen LogP contribution in [0, 0.1) is 0 Å². The minimum absolute atomic E-state index is 0.223. The van der Waals surface area contributed by atoms with Crippen LogP contribution in [0.15, 0.2) is 24.5 Å². The van der Waals surface area contributed by atoms with E-state index in [2.05, 4.69) is 25.3 Å². The fourth-order valence-corrected chi connectivity index (χ4v) is 2.04. The van der Waals surface area contributed by atoms with E-state index in [1.807, 2.05) is 0 Å². The number of fused-ring (bicyclic) bond motifs is 2. The summed E-state index contributed by atoms with van der Waals surface area (Å²) in [6.45, 7) is 0.223. The Morgan fingerprint density at radius 1 is 1.24 bits per heavy atom. The van der Waals surface area contributed by atoms with Gasteiger partial charge < -0.3 is 24.5 Å². The van der Waals surface area contributed by atoms with E-state index in [4.69, 9.17) is 14.2 Å². The molecule has 21 heavy (non-hydrogen) atoms. The average molecular weight is 285 g/mol. The van der Waals surface area contributed by atoms with E-state index in [9.17, 15) is 0 Å².